The van der Waals surface area contributed by atoms with Crippen LogP contribution < -0.4 is 5.32 Å². The van der Waals surface area contributed by atoms with Crippen LogP contribution in [0.25, 0.3) is 0 Å². The number of halogens is 2. The van der Waals surface area contributed by atoms with Gasteiger partial charge in [0.1, 0.15) is 11.7 Å². The van der Waals surface area contributed by atoms with Crippen LogP contribution in [0.1, 0.15) is 11.5 Å². The molecule has 1 unspecified atom stereocenters. The molecule has 0 spiro atoms. The molecule has 2 aromatic rings. The van der Waals surface area contributed by atoms with Gasteiger partial charge in [-0.2, -0.15) is 0 Å². The van der Waals surface area contributed by atoms with E-state index in [-0.39, 0.29) is 11.6 Å². The Hall–Kier alpha value is -2.20. The molecule has 100 valence electrons. The molecule has 1 amide bonds. The summed E-state index contributed by atoms with van der Waals surface area (Å²) in [5.41, 5.74) is 1.77. The quantitative estimate of drug-likeness (QED) is 0.836. The van der Waals surface area contributed by atoms with Crippen molar-refractivity contribution >= 4 is 35.1 Å². The van der Waals surface area contributed by atoms with Gasteiger partial charge in [-0.15, -0.1) is 0 Å². The van der Waals surface area contributed by atoms with E-state index in [1.54, 1.807) is 6.07 Å². The number of carbonyl (C=O) groups excluding carboxylic acids is 1. The molecule has 1 atom stereocenters. The van der Waals surface area contributed by atoms with Crippen LogP contribution in [0, 0.1) is 5.82 Å². The summed E-state index contributed by atoms with van der Waals surface area (Å²) in [4.78, 5) is 15.9. The van der Waals surface area contributed by atoms with Gasteiger partial charge in [0.15, 0.2) is 0 Å². The zero-order valence-corrected chi connectivity index (χ0v) is 11.1. The van der Waals surface area contributed by atoms with E-state index in [4.69, 9.17) is 11.6 Å². The number of carbonyl (C=O) groups is 1. The minimum atomic E-state index is -0.513. The SMILES string of the molecule is O=C1Nc2ccccc2C1C=Nc1ccc(Cl)cc1F. The fourth-order valence-corrected chi connectivity index (χ4v) is 2.28. The second-order valence-corrected chi connectivity index (χ2v) is 4.86. The number of rotatable bonds is 2. The molecule has 0 saturated carbocycles. The van der Waals surface area contributed by atoms with Crippen LogP contribution in [0.4, 0.5) is 15.8 Å². The molecule has 3 nitrogen and oxygen atoms in total. The van der Waals surface area contributed by atoms with Crippen LogP contribution >= 0.6 is 11.6 Å². The maximum atomic E-state index is 13.6. The van der Waals surface area contributed by atoms with E-state index in [9.17, 15) is 9.18 Å². The highest BCUT2D eigenvalue weighted by Crippen LogP contribution is 2.31. The second-order valence-electron chi connectivity index (χ2n) is 4.43. The number of hydrogen-bond acceptors (Lipinski definition) is 2. The monoisotopic (exact) mass is 288 g/mol. The third-order valence-corrected chi connectivity index (χ3v) is 3.34. The van der Waals surface area contributed by atoms with Crippen LogP contribution in [-0.2, 0) is 4.79 Å². The lowest BCUT2D eigenvalue weighted by Gasteiger charge is -2.02. The Balaban J connectivity index is 1.91. The van der Waals surface area contributed by atoms with Gasteiger partial charge in [-0.3, -0.25) is 9.79 Å². The Morgan fingerprint density at radius 2 is 2.05 bits per heavy atom. The first kappa shape index (κ1) is 12.8. The maximum absolute atomic E-state index is 13.6. The highest BCUT2D eigenvalue weighted by Gasteiger charge is 2.28. The van der Waals surface area contributed by atoms with Gasteiger partial charge in [-0.05, 0) is 29.8 Å². The van der Waals surface area contributed by atoms with Crippen molar-refractivity contribution in [3.05, 3.63) is 58.9 Å². The van der Waals surface area contributed by atoms with Crippen LogP contribution in [-0.4, -0.2) is 12.1 Å². The maximum Gasteiger partial charge on any atom is 0.237 e. The fraction of sp³-hybridized carbons (Fsp3) is 0.0667. The van der Waals surface area contributed by atoms with Crippen LogP contribution in [0.15, 0.2) is 47.5 Å². The molecule has 0 radical (unpaired) electrons. The molecule has 0 aliphatic carbocycles. The van der Waals surface area contributed by atoms with Crippen molar-refractivity contribution in [2.45, 2.75) is 5.92 Å². The summed E-state index contributed by atoms with van der Waals surface area (Å²) in [7, 11) is 0. The summed E-state index contributed by atoms with van der Waals surface area (Å²) in [6, 6.07) is 11.6. The summed E-state index contributed by atoms with van der Waals surface area (Å²) in [5.74, 6) is -1.17. The van der Waals surface area contributed by atoms with E-state index in [2.05, 4.69) is 10.3 Å². The predicted molar refractivity (Wildman–Crippen MR) is 77.4 cm³/mol. The number of para-hydroxylation sites is 1. The van der Waals surface area contributed by atoms with Crippen molar-refractivity contribution in [3.8, 4) is 0 Å². The predicted octanol–water partition coefficient (Wildman–Crippen LogP) is 3.92. The van der Waals surface area contributed by atoms with Crippen molar-refractivity contribution < 1.29 is 9.18 Å². The van der Waals surface area contributed by atoms with Gasteiger partial charge in [0.05, 0.1) is 5.69 Å². The molecule has 2 aromatic carbocycles. The van der Waals surface area contributed by atoms with E-state index in [0.717, 1.165) is 11.3 Å². The van der Waals surface area contributed by atoms with Crippen LogP contribution in [0.2, 0.25) is 5.02 Å². The van der Waals surface area contributed by atoms with Gasteiger partial charge in [0.25, 0.3) is 0 Å². The first-order valence-electron chi connectivity index (χ1n) is 6.04. The summed E-state index contributed by atoms with van der Waals surface area (Å²) in [5, 5.41) is 3.07. The first-order chi connectivity index (χ1) is 9.65. The van der Waals surface area contributed by atoms with Crippen LogP contribution in [0.3, 0.4) is 0 Å². The average molecular weight is 289 g/mol. The Labute approximate surface area is 120 Å². The molecule has 1 aliphatic rings. The van der Waals surface area contributed by atoms with Gasteiger partial charge in [-0.1, -0.05) is 29.8 Å². The van der Waals surface area contributed by atoms with E-state index >= 15 is 0 Å². The number of nitrogens with zero attached hydrogens (tertiary/aromatic N) is 1. The molecule has 0 fully saturated rings. The molecule has 1 N–H and O–H groups in total. The topological polar surface area (TPSA) is 41.5 Å². The molecule has 20 heavy (non-hydrogen) atoms. The molecule has 1 aliphatic heterocycles. The first-order valence-corrected chi connectivity index (χ1v) is 6.42. The molecule has 0 saturated heterocycles. The van der Waals surface area contributed by atoms with Crippen molar-refractivity contribution in [3.63, 3.8) is 0 Å². The number of anilines is 1. The minimum Gasteiger partial charge on any atom is -0.325 e. The number of amides is 1. The molecule has 0 aromatic heterocycles. The van der Waals surface area contributed by atoms with Crippen LogP contribution in [0.5, 0.6) is 0 Å². The van der Waals surface area contributed by atoms with Gasteiger partial charge in [-0.25, -0.2) is 4.39 Å². The van der Waals surface area contributed by atoms with Gasteiger partial charge in [0, 0.05) is 16.9 Å². The molecular weight excluding hydrogens is 279 g/mol. The average Bonchev–Trinajstić information content (AvgIpc) is 2.74. The molecule has 5 heteroatoms. The zero-order valence-electron chi connectivity index (χ0n) is 10.3. The van der Waals surface area contributed by atoms with E-state index in [0.29, 0.717) is 5.02 Å². The number of nitrogens with one attached hydrogen (secondary N) is 1. The minimum absolute atomic E-state index is 0.159. The van der Waals surface area contributed by atoms with Crippen molar-refractivity contribution in [2.75, 3.05) is 5.32 Å². The number of benzene rings is 2. The Morgan fingerprint density at radius 1 is 1.25 bits per heavy atom. The number of aliphatic imine (C=N–C) groups is 1. The van der Waals surface area contributed by atoms with Crippen molar-refractivity contribution in [2.24, 2.45) is 4.99 Å². The summed E-state index contributed by atoms with van der Waals surface area (Å²) >= 11 is 5.68. The van der Waals surface area contributed by atoms with Gasteiger partial charge >= 0.3 is 0 Å². The standard InChI is InChI=1S/C15H10ClFN2O/c16-9-5-6-14(12(17)7-9)18-8-11-10-3-1-2-4-13(10)19-15(11)20/h1-8,11H,(H,19,20). The molecular formula is C15H10ClFN2O. The molecule has 1 heterocycles. The third-order valence-electron chi connectivity index (χ3n) is 3.11. The Morgan fingerprint density at radius 3 is 2.85 bits per heavy atom. The zero-order chi connectivity index (χ0) is 14.1. The summed E-state index contributed by atoms with van der Waals surface area (Å²) < 4.78 is 13.6. The van der Waals surface area contributed by atoms with E-state index in [1.165, 1.54) is 18.3 Å². The third kappa shape index (κ3) is 2.30. The van der Waals surface area contributed by atoms with Crippen molar-refractivity contribution in [1.29, 1.82) is 0 Å². The lowest BCUT2D eigenvalue weighted by molar-refractivity contribution is -0.115. The molecule has 3 rings (SSSR count). The van der Waals surface area contributed by atoms with Crippen molar-refractivity contribution in [1.82, 2.24) is 0 Å². The van der Waals surface area contributed by atoms with Gasteiger partial charge in [0.2, 0.25) is 5.91 Å². The highest BCUT2D eigenvalue weighted by molar-refractivity contribution is 6.30. The van der Waals surface area contributed by atoms with E-state index < -0.39 is 11.7 Å². The summed E-state index contributed by atoms with van der Waals surface area (Å²) in [6.07, 6.45) is 1.45. The highest BCUT2D eigenvalue weighted by atomic mass is 35.5. The smallest absolute Gasteiger partial charge is 0.237 e. The lowest BCUT2D eigenvalue weighted by atomic mass is 10.0. The lowest BCUT2D eigenvalue weighted by Crippen LogP contribution is -2.12. The second kappa shape index (κ2) is 5.06. The number of hydrogen-bond donors (Lipinski definition) is 1. The Bertz CT molecular complexity index is 715. The fourth-order valence-electron chi connectivity index (χ4n) is 2.12. The van der Waals surface area contributed by atoms with E-state index in [1.807, 2.05) is 24.3 Å². The summed E-state index contributed by atoms with van der Waals surface area (Å²) in [6.45, 7) is 0. The number of fused-ring (bicyclic) bond motifs is 1. The normalized spacial score (nSPS) is 17.3. The Kier molecular flexibility index (Phi) is 3.24. The molecule has 0 bridgehead atoms. The largest absolute Gasteiger partial charge is 0.325 e. The van der Waals surface area contributed by atoms with Gasteiger partial charge < -0.3 is 5.32 Å².